The summed E-state index contributed by atoms with van der Waals surface area (Å²) in [6.07, 6.45) is 3.53. The van der Waals surface area contributed by atoms with Crippen molar-refractivity contribution in [2.45, 2.75) is 65.6 Å². The molecule has 0 aromatic carbocycles. The maximum absolute atomic E-state index is 11.7. The van der Waals surface area contributed by atoms with E-state index in [-0.39, 0.29) is 12.1 Å². The summed E-state index contributed by atoms with van der Waals surface area (Å²) >= 11 is 0. The van der Waals surface area contributed by atoms with Crippen LogP contribution in [0.3, 0.4) is 0 Å². The van der Waals surface area contributed by atoms with Gasteiger partial charge in [0.25, 0.3) is 0 Å². The molecule has 0 bridgehead atoms. The van der Waals surface area contributed by atoms with Gasteiger partial charge in [-0.1, -0.05) is 19.4 Å². The minimum Gasteiger partial charge on any atom is -0.444 e. The lowest BCUT2D eigenvalue weighted by molar-refractivity contribution is 0.0521. The highest BCUT2D eigenvalue weighted by atomic mass is 16.6. The number of carbonyl (C=O) groups is 1. The van der Waals surface area contributed by atoms with Crippen molar-refractivity contribution < 1.29 is 9.53 Å². The minimum atomic E-state index is -0.469. The lowest BCUT2D eigenvalue weighted by Gasteiger charge is -2.22. The summed E-state index contributed by atoms with van der Waals surface area (Å²) < 4.78 is 5.25. The Morgan fingerprint density at radius 2 is 2.09 bits per heavy atom. The molecule has 0 spiro atoms. The number of pyridine rings is 1. The molecule has 1 aromatic heterocycles. The largest absolute Gasteiger partial charge is 0.444 e. The standard InChI is InChI=1S/C17H29N3O2/c1-6-7-14(12-20-16(21)22-17(3,4)5)19-11-15-9-8-13(2)10-18-15/h8-10,14,19H,6-7,11-12H2,1-5H3,(H,20,21). The van der Waals surface area contributed by atoms with Gasteiger partial charge in [0.2, 0.25) is 0 Å². The highest BCUT2D eigenvalue weighted by Gasteiger charge is 2.17. The molecule has 0 radical (unpaired) electrons. The Labute approximate surface area is 133 Å². The zero-order chi connectivity index (χ0) is 16.6. The molecule has 22 heavy (non-hydrogen) atoms. The van der Waals surface area contributed by atoms with Crippen LogP contribution in [0.4, 0.5) is 4.79 Å². The van der Waals surface area contributed by atoms with Crippen molar-refractivity contribution in [1.29, 1.82) is 0 Å². The fourth-order valence-electron chi connectivity index (χ4n) is 2.00. The Bertz CT molecular complexity index is 452. The Balaban J connectivity index is 2.41. The third-order valence-electron chi connectivity index (χ3n) is 3.07. The molecule has 5 nitrogen and oxygen atoms in total. The summed E-state index contributed by atoms with van der Waals surface area (Å²) in [5.74, 6) is 0. The quantitative estimate of drug-likeness (QED) is 0.812. The van der Waals surface area contributed by atoms with Crippen LogP contribution in [0.5, 0.6) is 0 Å². The van der Waals surface area contributed by atoms with Gasteiger partial charge in [-0.05, 0) is 45.7 Å². The number of amides is 1. The molecule has 1 amide bonds. The number of aryl methyl sites for hydroxylation is 1. The predicted octanol–water partition coefficient (Wildman–Crippen LogP) is 3.17. The first-order valence-electron chi connectivity index (χ1n) is 7.92. The second kappa shape index (κ2) is 8.73. The van der Waals surface area contributed by atoms with E-state index < -0.39 is 5.60 Å². The van der Waals surface area contributed by atoms with Gasteiger partial charge in [0.1, 0.15) is 5.60 Å². The molecule has 1 atom stereocenters. The molecule has 1 rings (SSSR count). The first-order valence-corrected chi connectivity index (χ1v) is 7.92. The smallest absolute Gasteiger partial charge is 0.407 e. The maximum atomic E-state index is 11.7. The number of rotatable bonds is 7. The van der Waals surface area contributed by atoms with Crippen LogP contribution >= 0.6 is 0 Å². The van der Waals surface area contributed by atoms with Gasteiger partial charge in [-0.3, -0.25) is 4.98 Å². The number of nitrogens with zero attached hydrogens (tertiary/aromatic N) is 1. The van der Waals surface area contributed by atoms with E-state index in [2.05, 4.69) is 28.6 Å². The molecule has 0 fully saturated rings. The number of hydrogen-bond donors (Lipinski definition) is 2. The molecule has 5 heteroatoms. The monoisotopic (exact) mass is 307 g/mol. The molecule has 0 aliphatic carbocycles. The average molecular weight is 307 g/mol. The van der Waals surface area contributed by atoms with Gasteiger partial charge in [-0.15, -0.1) is 0 Å². The first-order chi connectivity index (χ1) is 10.3. The molecule has 1 unspecified atom stereocenters. The summed E-state index contributed by atoms with van der Waals surface area (Å²) in [7, 11) is 0. The van der Waals surface area contributed by atoms with Crippen LogP contribution in [-0.2, 0) is 11.3 Å². The zero-order valence-electron chi connectivity index (χ0n) is 14.4. The maximum Gasteiger partial charge on any atom is 0.407 e. The van der Waals surface area contributed by atoms with Crippen LogP contribution in [0.1, 0.15) is 51.8 Å². The number of hydrogen-bond acceptors (Lipinski definition) is 4. The number of aromatic nitrogens is 1. The molecule has 1 aromatic rings. The fraction of sp³-hybridized carbons (Fsp3) is 0.647. The van der Waals surface area contributed by atoms with E-state index in [0.717, 1.165) is 24.1 Å². The number of carbonyl (C=O) groups excluding carboxylic acids is 1. The van der Waals surface area contributed by atoms with Gasteiger partial charge >= 0.3 is 6.09 Å². The molecule has 0 aliphatic heterocycles. The highest BCUT2D eigenvalue weighted by molar-refractivity contribution is 5.67. The van der Waals surface area contributed by atoms with E-state index in [1.807, 2.05) is 40.0 Å². The molecule has 0 saturated carbocycles. The number of ether oxygens (including phenoxy) is 1. The van der Waals surface area contributed by atoms with Crippen molar-refractivity contribution in [2.75, 3.05) is 6.54 Å². The van der Waals surface area contributed by atoms with Gasteiger partial charge in [0, 0.05) is 25.3 Å². The zero-order valence-corrected chi connectivity index (χ0v) is 14.4. The van der Waals surface area contributed by atoms with Crippen molar-refractivity contribution >= 4 is 6.09 Å². The summed E-state index contributed by atoms with van der Waals surface area (Å²) in [6.45, 7) is 11.0. The summed E-state index contributed by atoms with van der Waals surface area (Å²) in [6, 6.07) is 4.28. The third kappa shape index (κ3) is 7.98. The molecule has 124 valence electrons. The second-order valence-corrected chi connectivity index (χ2v) is 6.58. The van der Waals surface area contributed by atoms with Crippen LogP contribution in [-0.4, -0.2) is 29.3 Å². The highest BCUT2D eigenvalue weighted by Crippen LogP contribution is 2.07. The predicted molar refractivity (Wildman–Crippen MR) is 88.7 cm³/mol. The molecule has 1 heterocycles. The number of nitrogens with one attached hydrogen (secondary N) is 2. The van der Waals surface area contributed by atoms with Crippen molar-refractivity contribution in [1.82, 2.24) is 15.6 Å². The first kappa shape index (κ1) is 18.4. The lowest BCUT2D eigenvalue weighted by atomic mass is 10.1. The van der Waals surface area contributed by atoms with Gasteiger partial charge in [-0.25, -0.2) is 4.79 Å². The Morgan fingerprint density at radius 1 is 1.36 bits per heavy atom. The normalized spacial score (nSPS) is 12.8. The summed E-state index contributed by atoms with van der Waals surface area (Å²) in [5, 5.41) is 6.27. The molecule has 2 N–H and O–H groups in total. The SMILES string of the molecule is CCCC(CNC(=O)OC(C)(C)C)NCc1ccc(C)cn1. The van der Waals surface area contributed by atoms with E-state index in [9.17, 15) is 4.79 Å². The van der Waals surface area contributed by atoms with E-state index in [0.29, 0.717) is 13.1 Å². The third-order valence-corrected chi connectivity index (χ3v) is 3.07. The number of alkyl carbamates (subject to hydrolysis) is 1. The van der Waals surface area contributed by atoms with Crippen molar-refractivity contribution in [2.24, 2.45) is 0 Å². The van der Waals surface area contributed by atoms with Crippen LogP contribution in [0.25, 0.3) is 0 Å². The van der Waals surface area contributed by atoms with Crippen LogP contribution < -0.4 is 10.6 Å². The summed E-state index contributed by atoms with van der Waals surface area (Å²) in [5.41, 5.74) is 1.69. The van der Waals surface area contributed by atoms with Gasteiger partial charge in [0.15, 0.2) is 0 Å². The topological polar surface area (TPSA) is 63.2 Å². The Hall–Kier alpha value is -1.62. The molecule has 0 saturated heterocycles. The van der Waals surface area contributed by atoms with Crippen molar-refractivity contribution in [3.8, 4) is 0 Å². The van der Waals surface area contributed by atoms with E-state index in [1.165, 1.54) is 0 Å². The van der Waals surface area contributed by atoms with E-state index >= 15 is 0 Å². The fourth-order valence-corrected chi connectivity index (χ4v) is 2.00. The van der Waals surface area contributed by atoms with Crippen molar-refractivity contribution in [3.63, 3.8) is 0 Å². The van der Waals surface area contributed by atoms with Crippen molar-refractivity contribution in [3.05, 3.63) is 29.6 Å². The second-order valence-electron chi connectivity index (χ2n) is 6.58. The van der Waals surface area contributed by atoms with Gasteiger partial charge < -0.3 is 15.4 Å². The minimum absolute atomic E-state index is 0.209. The Kier molecular flexibility index (Phi) is 7.32. The summed E-state index contributed by atoms with van der Waals surface area (Å²) in [4.78, 5) is 16.1. The van der Waals surface area contributed by atoms with Gasteiger partial charge in [0.05, 0.1) is 5.69 Å². The Morgan fingerprint density at radius 3 is 2.64 bits per heavy atom. The average Bonchev–Trinajstić information content (AvgIpc) is 2.42. The molecular formula is C17H29N3O2. The molecular weight excluding hydrogens is 278 g/mol. The van der Waals surface area contributed by atoms with Crippen LogP contribution in [0, 0.1) is 6.92 Å². The van der Waals surface area contributed by atoms with Gasteiger partial charge in [-0.2, -0.15) is 0 Å². The van der Waals surface area contributed by atoms with Crippen LogP contribution in [0.2, 0.25) is 0 Å². The lowest BCUT2D eigenvalue weighted by Crippen LogP contribution is -2.42. The van der Waals surface area contributed by atoms with E-state index in [1.54, 1.807) is 0 Å². The molecule has 0 aliphatic rings. The van der Waals surface area contributed by atoms with Crippen LogP contribution in [0.15, 0.2) is 18.3 Å². The van der Waals surface area contributed by atoms with E-state index in [4.69, 9.17) is 4.74 Å².